The molecule has 0 aliphatic heterocycles. The number of hydrogen-bond acceptors (Lipinski definition) is 4. The highest BCUT2D eigenvalue weighted by molar-refractivity contribution is 7.89. The first-order valence-corrected chi connectivity index (χ1v) is 7.36. The monoisotopic (exact) mass is 340 g/mol. The molecule has 0 unspecified atom stereocenters. The Morgan fingerprint density at radius 3 is 2.35 bits per heavy atom. The van der Waals surface area contributed by atoms with Gasteiger partial charge >= 0.3 is 5.97 Å². The maximum Gasteiger partial charge on any atom is 0.305 e. The van der Waals surface area contributed by atoms with Gasteiger partial charge in [0.15, 0.2) is 0 Å². The summed E-state index contributed by atoms with van der Waals surface area (Å²) in [6.45, 7) is 0. The van der Waals surface area contributed by atoms with Crippen molar-refractivity contribution < 1.29 is 23.1 Å². The summed E-state index contributed by atoms with van der Waals surface area (Å²) in [6.07, 6.45) is -0.768. The Hall–Kier alpha value is -1.35. The van der Waals surface area contributed by atoms with Crippen LogP contribution in [0.2, 0.25) is 10.0 Å². The number of rotatable bonds is 6. The van der Waals surface area contributed by atoms with Crippen molar-refractivity contribution in [1.82, 2.24) is 4.72 Å². The minimum atomic E-state index is -4.15. The van der Waals surface area contributed by atoms with E-state index in [4.69, 9.17) is 34.0 Å². The number of benzene rings is 1. The lowest BCUT2D eigenvalue weighted by Gasteiger charge is -2.14. The Morgan fingerprint density at radius 2 is 1.90 bits per heavy atom. The van der Waals surface area contributed by atoms with Gasteiger partial charge in [0.05, 0.1) is 21.4 Å². The van der Waals surface area contributed by atoms with Crippen LogP contribution in [0.25, 0.3) is 0 Å². The average molecular weight is 341 g/mol. The molecule has 20 heavy (non-hydrogen) atoms. The highest BCUT2D eigenvalue weighted by atomic mass is 35.5. The number of aliphatic carboxylic acids is 1. The minimum Gasteiger partial charge on any atom is -0.481 e. The van der Waals surface area contributed by atoms with Gasteiger partial charge in [0, 0.05) is 0 Å². The molecule has 7 nitrogen and oxygen atoms in total. The number of hydrogen-bond donors (Lipinski definition) is 3. The van der Waals surface area contributed by atoms with Gasteiger partial charge in [-0.15, -0.1) is 0 Å². The van der Waals surface area contributed by atoms with Gasteiger partial charge in [-0.1, -0.05) is 23.2 Å². The molecular weight excluding hydrogens is 331 g/mol. The molecule has 0 aromatic heterocycles. The Labute approximate surface area is 124 Å². The molecule has 110 valence electrons. The first-order chi connectivity index (χ1) is 9.13. The normalized spacial score (nSPS) is 12.9. The molecule has 0 fully saturated rings. The predicted molar refractivity (Wildman–Crippen MR) is 72.0 cm³/mol. The van der Waals surface area contributed by atoms with Crippen LogP contribution in [-0.4, -0.2) is 31.4 Å². The lowest BCUT2D eigenvalue weighted by Crippen LogP contribution is -2.45. The average Bonchev–Trinajstić information content (AvgIpc) is 2.30. The van der Waals surface area contributed by atoms with Crippen molar-refractivity contribution in [2.75, 3.05) is 0 Å². The maximum atomic E-state index is 12.0. The van der Waals surface area contributed by atoms with E-state index in [2.05, 4.69) is 0 Å². The molecule has 1 aromatic rings. The number of carbonyl (C=O) groups excluding carboxylic acids is 1. The van der Waals surface area contributed by atoms with E-state index in [0.29, 0.717) is 0 Å². The molecule has 0 aliphatic carbocycles. The van der Waals surface area contributed by atoms with Gasteiger partial charge in [0.25, 0.3) is 0 Å². The van der Waals surface area contributed by atoms with E-state index in [9.17, 15) is 18.0 Å². The number of carbonyl (C=O) groups is 2. The van der Waals surface area contributed by atoms with E-state index < -0.39 is 34.4 Å². The molecule has 0 saturated heterocycles. The smallest absolute Gasteiger partial charge is 0.305 e. The summed E-state index contributed by atoms with van der Waals surface area (Å²) < 4.78 is 25.9. The molecule has 0 saturated carbocycles. The summed E-state index contributed by atoms with van der Waals surface area (Å²) in [5, 5.41) is 8.76. The topological polar surface area (TPSA) is 127 Å². The minimum absolute atomic E-state index is 0.00315. The van der Waals surface area contributed by atoms with Gasteiger partial charge in [0.2, 0.25) is 15.9 Å². The Morgan fingerprint density at radius 1 is 1.30 bits per heavy atom. The molecule has 0 spiro atoms. The quantitative estimate of drug-likeness (QED) is 0.698. The molecule has 0 aliphatic rings. The Bertz CT molecular complexity index is 647. The molecular formula is C10H10Cl2N2O5S. The second-order valence-electron chi connectivity index (χ2n) is 3.75. The number of carboxylic acid groups (broad SMARTS) is 1. The standard InChI is InChI=1S/C10H10Cl2N2O5S/c11-6-2-1-5(3-7(6)12)20(18,19)14-8(10(13)17)4-9(15)16/h1-3,8,14H,4H2,(H2,13,17)(H,15,16)/t8-/m1/s1. The fraction of sp³-hybridized carbons (Fsp3) is 0.200. The lowest BCUT2D eigenvalue weighted by molar-refractivity contribution is -0.139. The number of sulfonamides is 1. The molecule has 1 rings (SSSR count). The van der Waals surface area contributed by atoms with E-state index in [1.165, 1.54) is 6.07 Å². The number of carboxylic acids is 1. The largest absolute Gasteiger partial charge is 0.481 e. The Balaban J connectivity index is 3.06. The number of nitrogens with one attached hydrogen (secondary N) is 1. The fourth-order valence-corrected chi connectivity index (χ4v) is 2.87. The van der Waals surface area contributed by atoms with E-state index in [-0.39, 0.29) is 14.9 Å². The van der Waals surface area contributed by atoms with Crippen LogP contribution in [0.1, 0.15) is 6.42 Å². The summed E-state index contributed by atoms with van der Waals surface area (Å²) in [5.74, 6) is -2.47. The summed E-state index contributed by atoms with van der Waals surface area (Å²) in [5.41, 5.74) is 4.95. The van der Waals surface area contributed by atoms with E-state index >= 15 is 0 Å². The van der Waals surface area contributed by atoms with Crippen LogP contribution >= 0.6 is 23.2 Å². The lowest BCUT2D eigenvalue weighted by atomic mass is 10.2. The molecule has 0 radical (unpaired) electrons. The zero-order chi connectivity index (χ0) is 15.5. The fourth-order valence-electron chi connectivity index (χ4n) is 1.27. The van der Waals surface area contributed by atoms with Gasteiger partial charge in [-0.05, 0) is 18.2 Å². The van der Waals surface area contributed by atoms with Gasteiger partial charge in [0.1, 0.15) is 6.04 Å². The van der Waals surface area contributed by atoms with Crippen molar-refractivity contribution in [2.24, 2.45) is 5.73 Å². The summed E-state index contributed by atoms with van der Waals surface area (Å²) in [6, 6.07) is 1.93. The predicted octanol–water partition coefficient (Wildman–Crippen LogP) is 0.600. The van der Waals surface area contributed by atoms with Crippen molar-refractivity contribution in [2.45, 2.75) is 17.4 Å². The molecule has 10 heteroatoms. The number of halogens is 2. The van der Waals surface area contributed by atoms with Crippen LogP contribution in [0.15, 0.2) is 23.1 Å². The first-order valence-electron chi connectivity index (χ1n) is 5.12. The molecule has 0 bridgehead atoms. The SMILES string of the molecule is NC(=O)[C@@H](CC(=O)O)NS(=O)(=O)c1ccc(Cl)c(Cl)c1. The number of amides is 1. The zero-order valence-corrected chi connectivity index (χ0v) is 12.2. The first kappa shape index (κ1) is 16.7. The summed E-state index contributed by atoms with van der Waals surface area (Å²) >= 11 is 11.4. The van der Waals surface area contributed by atoms with E-state index in [1.807, 2.05) is 4.72 Å². The van der Waals surface area contributed by atoms with Gasteiger partial charge in [-0.3, -0.25) is 9.59 Å². The van der Waals surface area contributed by atoms with Crippen LogP contribution in [0, 0.1) is 0 Å². The van der Waals surface area contributed by atoms with Crippen LogP contribution in [-0.2, 0) is 19.6 Å². The van der Waals surface area contributed by atoms with Crippen molar-refractivity contribution >= 4 is 45.1 Å². The third kappa shape index (κ3) is 4.34. The molecule has 1 atom stereocenters. The molecule has 4 N–H and O–H groups in total. The highest BCUT2D eigenvalue weighted by Gasteiger charge is 2.26. The number of nitrogens with two attached hydrogens (primary N) is 1. The van der Waals surface area contributed by atoms with E-state index in [1.54, 1.807) is 0 Å². The zero-order valence-electron chi connectivity index (χ0n) is 9.84. The second kappa shape index (κ2) is 6.40. The van der Waals surface area contributed by atoms with Crippen molar-refractivity contribution in [3.05, 3.63) is 28.2 Å². The van der Waals surface area contributed by atoms with Crippen LogP contribution in [0.3, 0.4) is 0 Å². The summed E-state index contributed by atoms with van der Waals surface area (Å²) in [4.78, 5) is 21.3. The summed E-state index contributed by atoms with van der Waals surface area (Å²) in [7, 11) is -4.15. The van der Waals surface area contributed by atoms with Crippen LogP contribution in [0.5, 0.6) is 0 Å². The molecule has 1 amide bonds. The van der Waals surface area contributed by atoms with Crippen molar-refractivity contribution in [3.63, 3.8) is 0 Å². The van der Waals surface area contributed by atoms with Crippen molar-refractivity contribution in [1.29, 1.82) is 0 Å². The molecule has 0 heterocycles. The van der Waals surface area contributed by atoms with E-state index in [0.717, 1.165) is 12.1 Å². The van der Waals surface area contributed by atoms with Gasteiger partial charge in [-0.2, -0.15) is 4.72 Å². The third-order valence-corrected chi connectivity index (χ3v) is 4.43. The van der Waals surface area contributed by atoms with Crippen LogP contribution in [0.4, 0.5) is 0 Å². The van der Waals surface area contributed by atoms with Crippen LogP contribution < -0.4 is 10.5 Å². The Kier molecular flexibility index (Phi) is 5.35. The van der Waals surface area contributed by atoms with Crippen molar-refractivity contribution in [3.8, 4) is 0 Å². The third-order valence-electron chi connectivity index (χ3n) is 2.22. The highest BCUT2D eigenvalue weighted by Crippen LogP contribution is 2.24. The second-order valence-corrected chi connectivity index (χ2v) is 6.28. The maximum absolute atomic E-state index is 12.0. The van der Waals surface area contributed by atoms with Gasteiger partial charge < -0.3 is 10.8 Å². The molecule has 1 aromatic carbocycles. The number of primary amides is 1. The van der Waals surface area contributed by atoms with Gasteiger partial charge in [-0.25, -0.2) is 8.42 Å².